The van der Waals surface area contributed by atoms with E-state index in [0.717, 1.165) is 5.57 Å². The minimum Gasteiger partial charge on any atom is -0.462 e. The third kappa shape index (κ3) is 3.42. The van der Waals surface area contributed by atoms with E-state index in [1.165, 1.54) is 6.08 Å². The molecule has 4 fully saturated rings. The molecule has 4 aliphatic carbocycles. The summed E-state index contributed by atoms with van der Waals surface area (Å²) in [6, 6.07) is 0. The second kappa shape index (κ2) is 8.62. The van der Waals surface area contributed by atoms with Gasteiger partial charge in [0.25, 0.3) is 0 Å². The van der Waals surface area contributed by atoms with Crippen molar-refractivity contribution in [2.45, 2.75) is 81.4 Å². The summed E-state index contributed by atoms with van der Waals surface area (Å²) in [6.45, 7) is 1.59. The van der Waals surface area contributed by atoms with Crippen LogP contribution in [0.3, 0.4) is 0 Å². The number of esters is 2. The van der Waals surface area contributed by atoms with Crippen LogP contribution in [0.4, 0.5) is 0 Å². The Morgan fingerprint density at radius 2 is 1.97 bits per heavy atom. The molecule has 10 heteroatoms. The Hall–Kier alpha value is -0.790. The van der Waals surface area contributed by atoms with Crippen LogP contribution in [0.15, 0.2) is 11.6 Å². The Bertz CT molecular complexity index is 940. The van der Waals surface area contributed by atoms with Crippen molar-refractivity contribution < 1.29 is 44.6 Å². The molecular weight excluding hydrogens is 571 g/mol. The number of hydrogen-bond acceptors (Lipinski definition) is 9. The van der Waals surface area contributed by atoms with Gasteiger partial charge in [0.2, 0.25) is 0 Å². The highest BCUT2D eigenvalue weighted by Gasteiger charge is 2.75. The van der Waals surface area contributed by atoms with Gasteiger partial charge in [-0.05, 0) is 49.5 Å². The van der Waals surface area contributed by atoms with Crippen LogP contribution in [0.1, 0.15) is 51.9 Å². The highest BCUT2D eigenvalue weighted by molar-refractivity contribution is 14.1. The Labute approximate surface area is 218 Å². The summed E-state index contributed by atoms with van der Waals surface area (Å²) in [5.41, 5.74) is -4.11. The van der Waals surface area contributed by atoms with E-state index >= 15 is 0 Å². The highest BCUT2D eigenvalue weighted by atomic mass is 127. The van der Waals surface area contributed by atoms with Crippen molar-refractivity contribution in [3.8, 4) is 0 Å². The summed E-state index contributed by atoms with van der Waals surface area (Å²) < 4.78 is 10.7. The molecule has 0 aromatic carbocycles. The van der Waals surface area contributed by atoms with Gasteiger partial charge in [-0.15, -0.1) is 0 Å². The van der Waals surface area contributed by atoms with E-state index in [1.807, 2.05) is 29.5 Å². The topological polar surface area (TPSA) is 154 Å². The molecule has 1 aliphatic heterocycles. The Kier molecular flexibility index (Phi) is 6.37. The summed E-state index contributed by atoms with van der Waals surface area (Å²) in [4.78, 5) is 23.6. The van der Waals surface area contributed by atoms with Crippen molar-refractivity contribution in [2.75, 3.05) is 17.6 Å². The molecule has 0 saturated heterocycles. The maximum Gasteiger partial charge on any atom is 0.331 e. The Balaban J connectivity index is 1.51. The van der Waals surface area contributed by atoms with Gasteiger partial charge < -0.3 is 35.0 Å². The molecule has 0 spiro atoms. The molecule has 35 heavy (non-hydrogen) atoms. The second-order valence-electron chi connectivity index (χ2n) is 11.6. The third-order valence-electron chi connectivity index (χ3n) is 10.4. The molecule has 1 heterocycles. The van der Waals surface area contributed by atoms with E-state index in [1.54, 1.807) is 0 Å². The van der Waals surface area contributed by atoms with Gasteiger partial charge in [-0.1, -0.05) is 29.5 Å². The summed E-state index contributed by atoms with van der Waals surface area (Å²) in [6.07, 6.45) is 0.594. The lowest BCUT2D eigenvalue weighted by Crippen LogP contribution is -2.75. The SMILES string of the molecule is C[C@]12C[C@@H](O)[C@H]3[C@@H](CC[C@]4(O)C[C@@H](OC(=O)CI)C[C@@H](O)[C@]34CO)[C@@]1(O)CC[C@@H]2C1=CC(=O)OC1. The van der Waals surface area contributed by atoms with Crippen molar-refractivity contribution in [1.29, 1.82) is 0 Å². The zero-order valence-corrected chi connectivity index (χ0v) is 22.0. The van der Waals surface area contributed by atoms with Gasteiger partial charge in [0.1, 0.15) is 12.7 Å². The van der Waals surface area contributed by atoms with E-state index in [9.17, 15) is 35.1 Å². The number of carbonyl (C=O) groups excluding carboxylic acids is 2. The molecule has 5 N–H and O–H groups in total. The number of aliphatic hydroxyl groups is 5. The van der Waals surface area contributed by atoms with Gasteiger partial charge in [-0.2, -0.15) is 0 Å². The van der Waals surface area contributed by atoms with Crippen LogP contribution in [-0.2, 0) is 19.1 Å². The quantitative estimate of drug-likeness (QED) is 0.176. The number of aliphatic hydroxyl groups excluding tert-OH is 3. The largest absolute Gasteiger partial charge is 0.462 e. The molecule has 0 aromatic heterocycles. The van der Waals surface area contributed by atoms with E-state index in [4.69, 9.17) is 9.47 Å². The minimum atomic E-state index is -1.56. The zero-order chi connectivity index (χ0) is 25.4. The lowest BCUT2D eigenvalue weighted by molar-refractivity contribution is -0.317. The molecule has 0 radical (unpaired) electrons. The van der Waals surface area contributed by atoms with Crippen LogP contribution < -0.4 is 0 Å². The molecule has 5 rings (SSSR count). The fourth-order valence-electron chi connectivity index (χ4n) is 8.98. The van der Waals surface area contributed by atoms with E-state index in [2.05, 4.69) is 0 Å². The summed E-state index contributed by atoms with van der Waals surface area (Å²) in [7, 11) is 0. The Morgan fingerprint density at radius 1 is 1.23 bits per heavy atom. The maximum atomic E-state index is 12.3. The second-order valence-corrected chi connectivity index (χ2v) is 12.4. The van der Waals surface area contributed by atoms with E-state index in [-0.39, 0.29) is 42.6 Å². The monoisotopic (exact) mass is 606 g/mol. The predicted molar refractivity (Wildman–Crippen MR) is 130 cm³/mol. The van der Waals surface area contributed by atoms with Crippen molar-refractivity contribution in [3.63, 3.8) is 0 Å². The molecule has 9 nitrogen and oxygen atoms in total. The lowest BCUT2D eigenvalue weighted by atomic mass is 9.40. The van der Waals surface area contributed by atoms with E-state index < -0.39 is 70.7 Å². The van der Waals surface area contributed by atoms with Gasteiger partial charge in [-0.25, -0.2) is 4.79 Å². The number of cyclic esters (lactones) is 1. The molecular formula is C25H35IO9. The summed E-state index contributed by atoms with van der Waals surface area (Å²) >= 11 is 1.90. The van der Waals surface area contributed by atoms with Crippen molar-refractivity contribution in [2.24, 2.45) is 28.6 Å². The lowest BCUT2D eigenvalue weighted by Gasteiger charge is -2.68. The number of alkyl halides is 1. The molecule has 0 amide bonds. The first kappa shape index (κ1) is 25.8. The molecule has 0 unspecified atom stereocenters. The molecule has 4 saturated carbocycles. The van der Waals surface area contributed by atoms with Gasteiger partial charge in [0, 0.05) is 30.3 Å². The van der Waals surface area contributed by atoms with Crippen LogP contribution in [0.5, 0.6) is 0 Å². The number of fused-ring (bicyclic) bond motifs is 5. The van der Waals surface area contributed by atoms with Crippen molar-refractivity contribution in [1.82, 2.24) is 0 Å². The van der Waals surface area contributed by atoms with Gasteiger partial charge in [0.05, 0.1) is 39.9 Å². The number of hydrogen-bond donors (Lipinski definition) is 5. The maximum absolute atomic E-state index is 12.3. The van der Waals surface area contributed by atoms with Crippen LogP contribution in [0, 0.1) is 28.6 Å². The molecule has 5 aliphatic rings. The number of rotatable bonds is 4. The average molecular weight is 606 g/mol. The van der Waals surface area contributed by atoms with Crippen LogP contribution in [-0.4, -0.2) is 84.6 Å². The molecule has 196 valence electrons. The first-order valence-electron chi connectivity index (χ1n) is 12.5. The minimum absolute atomic E-state index is 0.0475. The fraction of sp³-hybridized carbons (Fsp3) is 0.840. The average Bonchev–Trinajstić information content (AvgIpc) is 3.33. The first-order chi connectivity index (χ1) is 16.5. The first-order valence-corrected chi connectivity index (χ1v) is 14.0. The standard InChI is InChI=1S/C25H35IO9/c1-22-9-17(28)21-16(25(22,33)5-3-15(22)13-6-19(30)34-11-13)2-4-23(32)8-14(35-20(31)10-26)7-18(29)24(21,23)12-27/h6,14-18,21,27-29,32-33H,2-5,7-12H2,1H3/t14-,15+,16+,17+,18+,21+,22+,23-,24+,25-/m0/s1. The fourth-order valence-corrected chi connectivity index (χ4v) is 9.16. The van der Waals surface area contributed by atoms with Crippen molar-refractivity contribution in [3.05, 3.63) is 11.6 Å². The number of halogens is 1. The van der Waals surface area contributed by atoms with Crippen LogP contribution in [0.25, 0.3) is 0 Å². The summed E-state index contributed by atoms with van der Waals surface area (Å²) in [5, 5.41) is 57.9. The van der Waals surface area contributed by atoms with Gasteiger partial charge in [0.15, 0.2) is 0 Å². The molecule has 10 atom stereocenters. The van der Waals surface area contributed by atoms with Gasteiger partial charge in [-0.3, -0.25) is 4.79 Å². The van der Waals surface area contributed by atoms with E-state index in [0.29, 0.717) is 19.3 Å². The van der Waals surface area contributed by atoms with Crippen LogP contribution >= 0.6 is 22.6 Å². The molecule has 0 bridgehead atoms. The highest BCUT2D eigenvalue weighted by Crippen LogP contribution is 2.70. The smallest absolute Gasteiger partial charge is 0.331 e. The number of ether oxygens (including phenoxy) is 2. The zero-order valence-electron chi connectivity index (χ0n) is 19.9. The normalized spacial score (nSPS) is 51.1. The van der Waals surface area contributed by atoms with Crippen LogP contribution in [0.2, 0.25) is 0 Å². The number of carbonyl (C=O) groups is 2. The Morgan fingerprint density at radius 3 is 2.60 bits per heavy atom. The predicted octanol–water partition coefficient (Wildman–Crippen LogP) is 0.619. The summed E-state index contributed by atoms with van der Waals surface area (Å²) in [5.74, 6) is -2.16. The van der Waals surface area contributed by atoms with Gasteiger partial charge >= 0.3 is 11.9 Å². The van der Waals surface area contributed by atoms with Crippen molar-refractivity contribution >= 4 is 34.5 Å². The molecule has 0 aromatic rings. The third-order valence-corrected chi connectivity index (χ3v) is 11.1.